The average molecular weight is 922 g/mol. The Bertz CT molecular complexity index is 3960. The quantitative estimate of drug-likeness (QED) is 0.163. The van der Waals surface area contributed by atoms with E-state index in [4.69, 9.17) is 0 Å². The summed E-state index contributed by atoms with van der Waals surface area (Å²) in [4.78, 5) is 8.01. The predicted octanol–water partition coefficient (Wildman–Crippen LogP) is 16.2. The zero-order valence-electron chi connectivity index (χ0n) is 39.0. The van der Waals surface area contributed by atoms with Gasteiger partial charge in [0.15, 0.2) is 0 Å². The van der Waals surface area contributed by atoms with Crippen LogP contribution in [0.15, 0.2) is 188 Å². The number of hydrogen-bond acceptors (Lipinski definition) is 5. The van der Waals surface area contributed by atoms with E-state index in [9.17, 15) is 0 Å². The standard InChI is InChI=1S/C63H48BN3S2/c1-39-34-54-61-55(35-39)66(52-22-15-25-58-60(52)46-19-8-12-24-57(46)68-58)51-31-26-41(40-16-5-4-6-17-40)36-49(51)64(61)48-30-28-43(67-50-21-10-9-20-47(50)62(2)32-13-14-33-63(62,67)3)37-53(48)65(54)42-27-29-45-44-18-7-11-23-56(44)69-59(45)38-42/h4-12,15-31,34-38H,13-14,32-33H2,1-3H3. The van der Waals surface area contributed by atoms with Crippen LogP contribution >= 0.6 is 22.7 Å². The second-order valence-electron chi connectivity index (χ2n) is 20.4. The summed E-state index contributed by atoms with van der Waals surface area (Å²) < 4.78 is 5.26. The number of thiophene rings is 2. The molecule has 15 rings (SSSR count). The van der Waals surface area contributed by atoms with Gasteiger partial charge >= 0.3 is 0 Å². The fourth-order valence-electron chi connectivity index (χ4n) is 13.5. The smallest absolute Gasteiger partial charge is 0.252 e. The Morgan fingerprint density at radius 1 is 0.449 bits per heavy atom. The fourth-order valence-corrected chi connectivity index (χ4v) is 15.8. The highest BCUT2D eigenvalue weighted by Gasteiger charge is 2.57. The van der Waals surface area contributed by atoms with Crippen LogP contribution in [0.5, 0.6) is 0 Å². The van der Waals surface area contributed by atoms with E-state index in [0.717, 1.165) is 6.42 Å². The molecule has 5 heterocycles. The Morgan fingerprint density at radius 2 is 1.13 bits per heavy atom. The third-order valence-electron chi connectivity index (χ3n) is 16.8. The summed E-state index contributed by atoms with van der Waals surface area (Å²) in [5, 5.41) is 5.26. The lowest BCUT2D eigenvalue weighted by Gasteiger charge is -2.50. The minimum Gasteiger partial charge on any atom is -0.334 e. The molecule has 1 aliphatic carbocycles. The molecule has 69 heavy (non-hydrogen) atoms. The number of hydrogen-bond donors (Lipinski definition) is 0. The molecule has 1 fully saturated rings. The summed E-state index contributed by atoms with van der Waals surface area (Å²) in [6, 6.07) is 72.0. The molecule has 4 aliphatic rings. The molecule has 2 unspecified atom stereocenters. The number of para-hydroxylation sites is 1. The van der Waals surface area contributed by atoms with Crippen molar-refractivity contribution in [1.82, 2.24) is 0 Å². The highest BCUT2D eigenvalue weighted by atomic mass is 32.1. The molecule has 0 N–H and O–H groups in total. The summed E-state index contributed by atoms with van der Waals surface area (Å²) in [6.45, 7) is 7.38. The van der Waals surface area contributed by atoms with Crippen molar-refractivity contribution >= 4 is 132 Å². The molecule has 11 aromatic rings. The lowest BCUT2D eigenvalue weighted by atomic mass is 9.33. The van der Waals surface area contributed by atoms with Crippen molar-refractivity contribution in [3.63, 3.8) is 0 Å². The molecule has 1 saturated carbocycles. The molecule has 2 aromatic heterocycles. The molecule has 3 aliphatic heterocycles. The van der Waals surface area contributed by atoms with Crippen LogP contribution in [0.2, 0.25) is 0 Å². The fraction of sp³-hybridized carbons (Fsp3) is 0.143. The van der Waals surface area contributed by atoms with Crippen LogP contribution in [-0.2, 0) is 5.41 Å². The molecule has 6 heteroatoms. The summed E-state index contributed by atoms with van der Waals surface area (Å²) in [5.41, 5.74) is 19.2. The summed E-state index contributed by atoms with van der Waals surface area (Å²) in [5.74, 6) is 0. The highest BCUT2D eigenvalue weighted by Crippen LogP contribution is 2.61. The van der Waals surface area contributed by atoms with E-state index in [2.05, 4.69) is 224 Å². The van der Waals surface area contributed by atoms with Gasteiger partial charge in [-0.05, 0) is 138 Å². The van der Waals surface area contributed by atoms with Crippen molar-refractivity contribution in [2.24, 2.45) is 0 Å². The minimum absolute atomic E-state index is 0.0151. The molecular weight excluding hydrogens is 874 g/mol. The normalized spacial score (nSPS) is 19.0. The van der Waals surface area contributed by atoms with Gasteiger partial charge in [-0.15, -0.1) is 22.7 Å². The number of nitrogens with zero attached hydrogens (tertiary/aromatic N) is 3. The molecule has 0 spiro atoms. The molecule has 0 bridgehead atoms. The summed E-state index contributed by atoms with van der Waals surface area (Å²) in [7, 11) is 0. The molecule has 9 aromatic carbocycles. The zero-order chi connectivity index (χ0) is 45.8. The van der Waals surface area contributed by atoms with Gasteiger partial charge in [-0.2, -0.15) is 0 Å². The van der Waals surface area contributed by atoms with Gasteiger partial charge < -0.3 is 14.7 Å². The van der Waals surface area contributed by atoms with Crippen LogP contribution < -0.4 is 31.1 Å². The molecule has 0 amide bonds. The molecule has 0 radical (unpaired) electrons. The van der Waals surface area contributed by atoms with Gasteiger partial charge in [0.2, 0.25) is 0 Å². The van der Waals surface area contributed by atoms with Gasteiger partial charge in [0.25, 0.3) is 6.71 Å². The maximum atomic E-state index is 2.75. The van der Waals surface area contributed by atoms with Gasteiger partial charge in [0.05, 0.1) is 11.2 Å². The van der Waals surface area contributed by atoms with E-state index in [1.165, 1.54) is 144 Å². The van der Waals surface area contributed by atoms with Crippen molar-refractivity contribution in [2.45, 2.75) is 57.4 Å². The first-order valence-corrected chi connectivity index (χ1v) is 26.3. The lowest BCUT2D eigenvalue weighted by molar-refractivity contribution is 0.195. The highest BCUT2D eigenvalue weighted by molar-refractivity contribution is 7.26. The monoisotopic (exact) mass is 921 g/mol. The van der Waals surface area contributed by atoms with Crippen LogP contribution in [0, 0.1) is 6.92 Å². The summed E-state index contributed by atoms with van der Waals surface area (Å²) >= 11 is 3.79. The second-order valence-corrected chi connectivity index (χ2v) is 22.6. The van der Waals surface area contributed by atoms with Crippen LogP contribution in [0.25, 0.3) is 51.5 Å². The molecule has 3 nitrogen and oxygen atoms in total. The molecule has 0 saturated heterocycles. The second kappa shape index (κ2) is 14.5. The Balaban J connectivity index is 1.03. The van der Waals surface area contributed by atoms with Gasteiger partial charge in [-0.25, -0.2) is 0 Å². The van der Waals surface area contributed by atoms with Crippen LogP contribution in [-0.4, -0.2) is 12.3 Å². The maximum Gasteiger partial charge on any atom is 0.252 e. The van der Waals surface area contributed by atoms with E-state index < -0.39 is 0 Å². The van der Waals surface area contributed by atoms with E-state index >= 15 is 0 Å². The van der Waals surface area contributed by atoms with E-state index in [1.807, 2.05) is 22.7 Å². The first-order valence-electron chi connectivity index (χ1n) is 24.7. The first kappa shape index (κ1) is 39.8. The SMILES string of the molecule is Cc1cc2c3c(c1)N(c1cccc4sc5ccccc5c14)c1ccc(-c4ccccc4)cc1B3c1ccc(N3c4ccccc4C4(C)CCCCC34C)cc1N2c1ccc2c(c1)sc1ccccc12. The number of aryl methyl sites for hydroxylation is 1. The van der Waals surface area contributed by atoms with Crippen molar-refractivity contribution in [2.75, 3.05) is 14.7 Å². The Kier molecular flexibility index (Phi) is 8.35. The molecule has 2 atom stereocenters. The Morgan fingerprint density at radius 3 is 2.00 bits per heavy atom. The van der Waals surface area contributed by atoms with E-state index in [-0.39, 0.29) is 17.7 Å². The average Bonchev–Trinajstić information content (AvgIpc) is 4.02. The van der Waals surface area contributed by atoms with Crippen LogP contribution in [0.3, 0.4) is 0 Å². The van der Waals surface area contributed by atoms with Crippen LogP contribution in [0.1, 0.15) is 50.7 Å². The maximum absolute atomic E-state index is 2.75. The van der Waals surface area contributed by atoms with Gasteiger partial charge in [-0.1, -0.05) is 135 Å². The van der Waals surface area contributed by atoms with Gasteiger partial charge in [-0.3, -0.25) is 0 Å². The van der Waals surface area contributed by atoms with Gasteiger partial charge in [0, 0.05) is 85.6 Å². The van der Waals surface area contributed by atoms with Crippen molar-refractivity contribution < 1.29 is 0 Å². The number of anilines is 8. The minimum atomic E-state index is -0.0598. The topological polar surface area (TPSA) is 9.72 Å². The van der Waals surface area contributed by atoms with Crippen molar-refractivity contribution in [3.8, 4) is 11.1 Å². The predicted molar refractivity (Wildman–Crippen MR) is 299 cm³/mol. The molecule has 330 valence electrons. The zero-order valence-corrected chi connectivity index (χ0v) is 40.6. The van der Waals surface area contributed by atoms with Gasteiger partial charge in [0.1, 0.15) is 0 Å². The number of fused-ring (bicyclic) bond motifs is 13. The number of rotatable bonds is 4. The van der Waals surface area contributed by atoms with Crippen LogP contribution in [0.4, 0.5) is 45.5 Å². The van der Waals surface area contributed by atoms with Crippen molar-refractivity contribution in [1.29, 1.82) is 0 Å². The molecular formula is C63H48BN3S2. The van der Waals surface area contributed by atoms with Crippen molar-refractivity contribution in [3.05, 3.63) is 199 Å². The summed E-state index contributed by atoms with van der Waals surface area (Å²) in [6.07, 6.45) is 4.87. The lowest BCUT2D eigenvalue weighted by Crippen LogP contribution is -2.61. The van der Waals surface area contributed by atoms with E-state index in [0.29, 0.717) is 0 Å². The third kappa shape index (κ3) is 5.45. The third-order valence-corrected chi connectivity index (χ3v) is 19.1. The Hall–Kier alpha value is -7.12. The Labute approximate surface area is 411 Å². The van der Waals surface area contributed by atoms with E-state index in [1.54, 1.807) is 0 Å². The number of benzene rings is 9. The first-order chi connectivity index (χ1) is 33.9. The largest absolute Gasteiger partial charge is 0.334 e.